The molecule has 0 rings (SSSR count). The number of hydrogen-bond donors (Lipinski definition) is 0. The standard InChI is InChI=1S/C9H21NS3/c1-11-7-4-10(5-8-12-2)6-9-13-3/h4-9H2,1-3H3. The summed E-state index contributed by atoms with van der Waals surface area (Å²) in [5.41, 5.74) is 0. The molecule has 0 aromatic rings. The summed E-state index contributed by atoms with van der Waals surface area (Å²) >= 11 is 5.82. The summed E-state index contributed by atoms with van der Waals surface area (Å²) in [4.78, 5) is 2.57. The third kappa shape index (κ3) is 9.32. The molecule has 0 aliphatic heterocycles. The summed E-state index contributed by atoms with van der Waals surface area (Å²) < 4.78 is 0. The Morgan fingerprint density at radius 3 is 1.23 bits per heavy atom. The van der Waals surface area contributed by atoms with Crippen LogP contribution in [0.1, 0.15) is 0 Å². The van der Waals surface area contributed by atoms with Crippen LogP contribution in [0.2, 0.25) is 0 Å². The maximum Gasteiger partial charge on any atom is 0.00729 e. The van der Waals surface area contributed by atoms with Gasteiger partial charge in [-0.15, -0.1) is 0 Å². The Morgan fingerprint density at radius 2 is 1.00 bits per heavy atom. The van der Waals surface area contributed by atoms with Gasteiger partial charge < -0.3 is 4.90 Å². The van der Waals surface area contributed by atoms with E-state index in [1.54, 1.807) is 0 Å². The number of thioether (sulfide) groups is 3. The zero-order valence-electron chi connectivity index (χ0n) is 8.91. The Morgan fingerprint density at radius 1 is 0.692 bits per heavy atom. The first-order valence-corrected chi connectivity index (χ1v) is 8.72. The zero-order valence-corrected chi connectivity index (χ0v) is 11.4. The first-order valence-electron chi connectivity index (χ1n) is 4.54. The van der Waals surface area contributed by atoms with Crippen LogP contribution in [0.4, 0.5) is 0 Å². The highest BCUT2D eigenvalue weighted by Crippen LogP contribution is 2.01. The van der Waals surface area contributed by atoms with E-state index in [0.29, 0.717) is 0 Å². The monoisotopic (exact) mass is 239 g/mol. The molecule has 0 aliphatic rings. The van der Waals surface area contributed by atoms with E-state index in [1.165, 1.54) is 36.9 Å². The molecular formula is C9H21NS3. The number of hydrogen-bond acceptors (Lipinski definition) is 4. The van der Waals surface area contributed by atoms with Crippen molar-refractivity contribution in [2.24, 2.45) is 0 Å². The Kier molecular flexibility index (Phi) is 11.9. The van der Waals surface area contributed by atoms with Crippen LogP contribution in [0.25, 0.3) is 0 Å². The van der Waals surface area contributed by atoms with Crippen LogP contribution in [-0.2, 0) is 0 Å². The fourth-order valence-electron chi connectivity index (χ4n) is 0.997. The van der Waals surface area contributed by atoms with Gasteiger partial charge in [0.1, 0.15) is 0 Å². The van der Waals surface area contributed by atoms with Gasteiger partial charge in [0.25, 0.3) is 0 Å². The predicted octanol–water partition coefficient (Wildman–Crippen LogP) is 2.38. The van der Waals surface area contributed by atoms with E-state index in [9.17, 15) is 0 Å². The number of rotatable bonds is 9. The van der Waals surface area contributed by atoms with Gasteiger partial charge in [0.15, 0.2) is 0 Å². The van der Waals surface area contributed by atoms with Crippen LogP contribution in [0.3, 0.4) is 0 Å². The summed E-state index contributed by atoms with van der Waals surface area (Å²) in [5, 5.41) is 0. The second-order valence-electron chi connectivity index (χ2n) is 2.82. The van der Waals surface area contributed by atoms with Crippen LogP contribution in [0.5, 0.6) is 0 Å². The van der Waals surface area contributed by atoms with Crippen molar-refractivity contribution in [1.29, 1.82) is 0 Å². The molecule has 0 atom stereocenters. The summed E-state index contributed by atoms with van der Waals surface area (Å²) in [6, 6.07) is 0. The lowest BCUT2D eigenvalue weighted by Gasteiger charge is -2.20. The minimum absolute atomic E-state index is 1.25. The van der Waals surface area contributed by atoms with Crippen molar-refractivity contribution in [3.05, 3.63) is 0 Å². The Labute approximate surface area is 95.8 Å². The molecule has 0 aromatic carbocycles. The van der Waals surface area contributed by atoms with Crippen molar-refractivity contribution in [2.45, 2.75) is 0 Å². The second kappa shape index (κ2) is 11.1. The lowest BCUT2D eigenvalue weighted by molar-refractivity contribution is 0.329. The van der Waals surface area contributed by atoms with E-state index in [1.807, 2.05) is 35.3 Å². The number of nitrogens with zero attached hydrogens (tertiary/aromatic N) is 1. The van der Waals surface area contributed by atoms with Gasteiger partial charge >= 0.3 is 0 Å². The minimum Gasteiger partial charge on any atom is -0.301 e. The zero-order chi connectivity index (χ0) is 9.94. The summed E-state index contributed by atoms with van der Waals surface area (Å²) in [5.74, 6) is 3.80. The molecule has 0 unspecified atom stereocenters. The first kappa shape index (κ1) is 14.0. The molecule has 0 heterocycles. The molecule has 0 N–H and O–H groups in total. The van der Waals surface area contributed by atoms with Crippen molar-refractivity contribution >= 4 is 35.3 Å². The summed E-state index contributed by atoms with van der Waals surface area (Å²) in [7, 11) is 0. The van der Waals surface area contributed by atoms with E-state index >= 15 is 0 Å². The fourth-order valence-corrected chi connectivity index (χ4v) is 2.32. The third-order valence-corrected chi connectivity index (χ3v) is 3.61. The fraction of sp³-hybridized carbons (Fsp3) is 1.00. The van der Waals surface area contributed by atoms with Crippen LogP contribution < -0.4 is 0 Å². The van der Waals surface area contributed by atoms with Gasteiger partial charge in [0.2, 0.25) is 0 Å². The molecule has 1 nitrogen and oxygen atoms in total. The van der Waals surface area contributed by atoms with Crippen LogP contribution in [0, 0.1) is 0 Å². The topological polar surface area (TPSA) is 3.24 Å². The maximum absolute atomic E-state index is 2.57. The van der Waals surface area contributed by atoms with Gasteiger partial charge in [-0.2, -0.15) is 35.3 Å². The molecule has 0 aliphatic carbocycles. The first-order chi connectivity index (χ1) is 6.35. The third-order valence-electron chi connectivity index (χ3n) is 1.83. The van der Waals surface area contributed by atoms with Gasteiger partial charge in [-0.25, -0.2) is 0 Å². The minimum atomic E-state index is 1.25. The average molecular weight is 239 g/mol. The Balaban J connectivity index is 3.47. The van der Waals surface area contributed by atoms with Crippen molar-refractivity contribution in [3.8, 4) is 0 Å². The van der Waals surface area contributed by atoms with Crippen LogP contribution in [0.15, 0.2) is 0 Å². The highest BCUT2D eigenvalue weighted by atomic mass is 32.2. The summed E-state index contributed by atoms with van der Waals surface area (Å²) in [6.07, 6.45) is 6.55. The van der Waals surface area contributed by atoms with E-state index in [-0.39, 0.29) is 0 Å². The highest BCUT2D eigenvalue weighted by Gasteiger charge is 2.02. The van der Waals surface area contributed by atoms with E-state index in [2.05, 4.69) is 23.7 Å². The molecule has 0 saturated heterocycles. The quantitative estimate of drug-likeness (QED) is 0.607. The molecule has 0 aromatic heterocycles. The van der Waals surface area contributed by atoms with E-state index < -0.39 is 0 Å². The van der Waals surface area contributed by atoms with Crippen molar-refractivity contribution in [2.75, 3.05) is 55.7 Å². The normalized spacial score (nSPS) is 11.1. The van der Waals surface area contributed by atoms with Gasteiger partial charge in [0.05, 0.1) is 0 Å². The van der Waals surface area contributed by atoms with Gasteiger partial charge in [-0.3, -0.25) is 0 Å². The lowest BCUT2D eigenvalue weighted by Crippen LogP contribution is -2.30. The molecular weight excluding hydrogens is 218 g/mol. The SMILES string of the molecule is CSCCN(CCSC)CCSC. The van der Waals surface area contributed by atoms with Gasteiger partial charge in [0, 0.05) is 36.9 Å². The molecule has 0 bridgehead atoms. The summed E-state index contributed by atoms with van der Waals surface area (Å²) in [6.45, 7) is 3.76. The molecule has 0 radical (unpaired) electrons. The average Bonchev–Trinajstić information content (AvgIpc) is 2.17. The lowest BCUT2D eigenvalue weighted by atomic mass is 10.5. The molecule has 0 saturated carbocycles. The molecule has 0 fully saturated rings. The molecule has 4 heteroatoms. The van der Waals surface area contributed by atoms with Crippen molar-refractivity contribution < 1.29 is 0 Å². The largest absolute Gasteiger partial charge is 0.301 e. The molecule has 80 valence electrons. The molecule has 0 amide bonds. The highest BCUT2D eigenvalue weighted by molar-refractivity contribution is 7.99. The second-order valence-corrected chi connectivity index (χ2v) is 5.78. The van der Waals surface area contributed by atoms with Crippen molar-refractivity contribution in [1.82, 2.24) is 4.90 Å². The Hall–Kier alpha value is 1.01. The maximum atomic E-state index is 2.57. The Bertz CT molecular complexity index is 81.8. The van der Waals surface area contributed by atoms with Crippen molar-refractivity contribution in [3.63, 3.8) is 0 Å². The van der Waals surface area contributed by atoms with Gasteiger partial charge in [-0.1, -0.05) is 0 Å². The van der Waals surface area contributed by atoms with E-state index in [0.717, 1.165) is 0 Å². The molecule has 13 heavy (non-hydrogen) atoms. The van der Waals surface area contributed by atoms with Crippen LogP contribution in [-0.4, -0.2) is 60.6 Å². The predicted molar refractivity (Wildman–Crippen MR) is 71.6 cm³/mol. The van der Waals surface area contributed by atoms with Gasteiger partial charge in [-0.05, 0) is 18.8 Å². The van der Waals surface area contributed by atoms with E-state index in [4.69, 9.17) is 0 Å². The van der Waals surface area contributed by atoms with Crippen LogP contribution >= 0.6 is 35.3 Å². The molecule has 0 spiro atoms. The smallest absolute Gasteiger partial charge is 0.00729 e.